The Kier molecular flexibility index (Phi) is 9.43. The standard InChI is InChI=1S/C7H6O3.BH3O3.Mg.2H/c8-6-4-2-1-3-5(6)7(9)10;2-1(3)4;;;/h1-4,8H,(H,9,10);2-4H;;;. The van der Waals surface area contributed by atoms with Crippen LogP contribution in [0.1, 0.15) is 10.4 Å². The van der Waals surface area contributed by atoms with E-state index in [-0.39, 0.29) is 34.4 Å². The molecule has 0 bridgehead atoms. The summed E-state index contributed by atoms with van der Waals surface area (Å²) in [4.78, 5) is 10.3. The van der Waals surface area contributed by atoms with Crippen molar-refractivity contribution in [3.8, 4) is 5.75 Å². The molecule has 0 atom stereocenters. The number of carboxylic acid groups (broad SMARTS) is 1. The fourth-order valence-electron chi connectivity index (χ4n) is 0.654. The van der Waals surface area contributed by atoms with E-state index in [0.717, 1.165) is 0 Å². The molecule has 0 aliphatic carbocycles. The molecule has 0 saturated heterocycles. The van der Waals surface area contributed by atoms with Crippen LogP contribution in [0.2, 0.25) is 0 Å². The van der Waals surface area contributed by atoms with Crippen LogP contribution in [0.25, 0.3) is 0 Å². The zero-order valence-corrected chi connectivity index (χ0v) is 7.03. The molecule has 6 nitrogen and oxygen atoms in total. The van der Waals surface area contributed by atoms with Crippen LogP contribution < -0.4 is 0 Å². The van der Waals surface area contributed by atoms with Crippen molar-refractivity contribution in [1.29, 1.82) is 0 Å². The fraction of sp³-hybridized carbons (Fsp3) is 0. The van der Waals surface area contributed by atoms with Crippen LogP contribution in [0.15, 0.2) is 24.3 Å². The summed E-state index contributed by atoms with van der Waals surface area (Å²) in [7, 11) is -2.17. The lowest BCUT2D eigenvalue weighted by atomic mass is 10.2. The van der Waals surface area contributed by atoms with E-state index in [0.29, 0.717) is 0 Å². The lowest BCUT2D eigenvalue weighted by Crippen LogP contribution is -2.07. The Balaban J connectivity index is 0. The first-order chi connectivity index (χ1) is 6.45. The SMILES string of the molecule is O=C(O)c1ccccc1O.OB(O)O.[MgH2]. The molecule has 0 aliphatic rings. The summed E-state index contributed by atoms with van der Waals surface area (Å²) in [6.07, 6.45) is 0. The smallest absolute Gasteiger partial charge is 0.507 e. The number of hydrogen-bond acceptors (Lipinski definition) is 5. The zero-order valence-electron chi connectivity index (χ0n) is 7.03. The zero-order chi connectivity index (χ0) is 11.1. The maximum absolute atomic E-state index is 10.3. The van der Waals surface area contributed by atoms with E-state index in [1.807, 2.05) is 0 Å². The van der Waals surface area contributed by atoms with Gasteiger partial charge in [-0.3, -0.25) is 0 Å². The highest BCUT2D eigenvalue weighted by Gasteiger charge is 2.05. The highest BCUT2D eigenvalue weighted by molar-refractivity contribution is 6.30. The van der Waals surface area contributed by atoms with Crippen molar-refractivity contribution in [3.63, 3.8) is 0 Å². The first kappa shape index (κ1) is 16.6. The molecular weight excluding hydrogens is 215 g/mol. The lowest BCUT2D eigenvalue weighted by molar-refractivity contribution is 0.0693. The first-order valence-electron chi connectivity index (χ1n) is 3.50. The molecule has 0 aromatic heterocycles. The minimum atomic E-state index is -2.17. The van der Waals surface area contributed by atoms with Crippen LogP contribution in [0.4, 0.5) is 0 Å². The number of benzene rings is 1. The summed E-state index contributed by atoms with van der Waals surface area (Å²) < 4.78 is 0. The van der Waals surface area contributed by atoms with Gasteiger partial charge in [0.25, 0.3) is 0 Å². The Morgan fingerprint density at radius 1 is 1.13 bits per heavy atom. The molecule has 0 heterocycles. The minimum absolute atomic E-state index is 0. The molecule has 5 N–H and O–H groups in total. The molecule has 0 unspecified atom stereocenters. The van der Waals surface area contributed by atoms with Gasteiger partial charge in [-0.05, 0) is 12.1 Å². The normalized spacial score (nSPS) is 7.93. The van der Waals surface area contributed by atoms with E-state index < -0.39 is 13.3 Å². The predicted molar refractivity (Wildman–Crippen MR) is 56.0 cm³/mol. The summed E-state index contributed by atoms with van der Waals surface area (Å²) in [5.74, 6) is -1.31. The second-order valence-electron chi connectivity index (χ2n) is 2.17. The molecule has 0 radical (unpaired) electrons. The Labute approximate surface area is 102 Å². The molecule has 80 valence electrons. The molecule has 8 heteroatoms. The average molecular weight is 226 g/mol. The van der Waals surface area contributed by atoms with Crippen molar-refractivity contribution in [2.75, 3.05) is 0 Å². The molecule has 0 aliphatic heterocycles. The van der Waals surface area contributed by atoms with Crippen LogP contribution >= 0.6 is 0 Å². The summed E-state index contributed by atoms with van der Waals surface area (Å²) >= 11 is 0. The van der Waals surface area contributed by atoms with Crippen molar-refractivity contribution in [2.45, 2.75) is 0 Å². The van der Waals surface area contributed by atoms with E-state index in [1.165, 1.54) is 12.1 Å². The van der Waals surface area contributed by atoms with E-state index in [9.17, 15) is 4.79 Å². The number of phenols is 1. The van der Waals surface area contributed by atoms with Gasteiger partial charge in [0.05, 0.1) is 0 Å². The minimum Gasteiger partial charge on any atom is -0.507 e. The van der Waals surface area contributed by atoms with Gasteiger partial charge in [0.2, 0.25) is 0 Å². The largest absolute Gasteiger partial charge is 0.631 e. The van der Waals surface area contributed by atoms with Crippen LogP contribution in [0.3, 0.4) is 0 Å². The van der Waals surface area contributed by atoms with Gasteiger partial charge in [0.15, 0.2) is 0 Å². The molecule has 1 aromatic carbocycles. The number of rotatable bonds is 1. The first-order valence-corrected chi connectivity index (χ1v) is 3.50. The second kappa shape index (κ2) is 8.50. The van der Waals surface area contributed by atoms with Crippen molar-refractivity contribution in [1.82, 2.24) is 0 Å². The number of carboxylic acids is 1. The highest BCUT2D eigenvalue weighted by atomic mass is 24.3. The van der Waals surface area contributed by atoms with E-state index in [4.69, 9.17) is 25.3 Å². The number of carbonyl (C=O) groups is 1. The molecule has 1 rings (SSSR count). The Bertz CT molecular complexity index is 303. The fourth-order valence-corrected chi connectivity index (χ4v) is 0.654. The van der Waals surface area contributed by atoms with Gasteiger partial charge in [-0.2, -0.15) is 0 Å². The third kappa shape index (κ3) is 8.21. The number of para-hydroxylation sites is 1. The van der Waals surface area contributed by atoms with E-state index in [1.54, 1.807) is 12.1 Å². The molecule has 0 spiro atoms. The van der Waals surface area contributed by atoms with Crippen LogP contribution in [0, 0.1) is 0 Å². The van der Waals surface area contributed by atoms with E-state index >= 15 is 0 Å². The maximum atomic E-state index is 10.3. The molecule has 15 heavy (non-hydrogen) atoms. The monoisotopic (exact) mass is 226 g/mol. The van der Waals surface area contributed by atoms with E-state index in [2.05, 4.69) is 0 Å². The average Bonchev–Trinajstić information content (AvgIpc) is 2.03. The van der Waals surface area contributed by atoms with Gasteiger partial charge in [0.1, 0.15) is 11.3 Å². The van der Waals surface area contributed by atoms with Gasteiger partial charge in [-0.25, -0.2) is 4.79 Å². The predicted octanol–water partition coefficient (Wildman–Crippen LogP) is -1.88. The van der Waals surface area contributed by atoms with Gasteiger partial charge in [-0.15, -0.1) is 0 Å². The molecule has 0 fully saturated rings. The topological polar surface area (TPSA) is 118 Å². The summed E-state index contributed by atoms with van der Waals surface area (Å²) in [6, 6.07) is 5.81. The van der Waals surface area contributed by atoms with Gasteiger partial charge in [-0.1, -0.05) is 12.1 Å². The second-order valence-corrected chi connectivity index (χ2v) is 2.17. The summed E-state index contributed by atoms with van der Waals surface area (Å²) in [5, 5.41) is 38.8. The highest BCUT2D eigenvalue weighted by Crippen LogP contribution is 2.14. The summed E-state index contributed by atoms with van der Waals surface area (Å²) in [6.45, 7) is 0. The Morgan fingerprint density at radius 2 is 1.53 bits per heavy atom. The van der Waals surface area contributed by atoms with Gasteiger partial charge < -0.3 is 25.3 Å². The third-order valence-electron chi connectivity index (χ3n) is 1.13. The van der Waals surface area contributed by atoms with Crippen molar-refractivity contribution in [2.24, 2.45) is 0 Å². The van der Waals surface area contributed by atoms with Crippen molar-refractivity contribution < 1.29 is 30.1 Å². The third-order valence-corrected chi connectivity index (χ3v) is 1.13. The molecule has 1 aromatic rings. The lowest BCUT2D eigenvalue weighted by Gasteiger charge is -1.95. The van der Waals surface area contributed by atoms with Crippen LogP contribution in [-0.2, 0) is 0 Å². The van der Waals surface area contributed by atoms with Crippen molar-refractivity contribution in [3.05, 3.63) is 29.8 Å². The number of hydrogen-bond donors (Lipinski definition) is 5. The number of aromatic hydroxyl groups is 1. The van der Waals surface area contributed by atoms with Gasteiger partial charge >= 0.3 is 36.3 Å². The van der Waals surface area contributed by atoms with Gasteiger partial charge in [0, 0.05) is 0 Å². The van der Waals surface area contributed by atoms with Crippen LogP contribution in [0.5, 0.6) is 5.75 Å². The molecule has 0 amide bonds. The molecule has 0 saturated carbocycles. The Hall–Kier alpha value is -0.799. The quantitative estimate of drug-likeness (QED) is 0.358. The Morgan fingerprint density at radius 3 is 1.80 bits per heavy atom. The summed E-state index contributed by atoms with van der Waals surface area (Å²) in [5.41, 5.74) is -0.0671. The molecular formula is C7H11BMgO6. The number of aromatic carboxylic acids is 1. The van der Waals surface area contributed by atoms with Crippen molar-refractivity contribution >= 4 is 36.3 Å². The maximum Gasteiger partial charge on any atom is 0.631 e. The van der Waals surface area contributed by atoms with Crippen LogP contribution in [-0.4, -0.2) is 61.6 Å².